The fraction of sp³-hybridized carbons (Fsp3) is 0.364. The number of hydrogen-bond donors (Lipinski definition) is 1. The Balaban J connectivity index is 1.38. The van der Waals surface area contributed by atoms with Crippen LogP contribution in [-0.2, 0) is 21.5 Å². The summed E-state index contributed by atoms with van der Waals surface area (Å²) in [6, 6.07) is 16.3. The van der Waals surface area contributed by atoms with Crippen LogP contribution < -0.4 is 15.4 Å². The maximum atomic E-state index is 15.6. The number of amides is 2. The Labute approximate surface area is 257 Å². The average molecular weight is 603 g/mol. The molecule has 1 fully saturated rings. The second-order valence-corrected chi connectivity index (χ2v) is 11.7. The lowest BCUT2D eigenvalue weighted by Crippen LogP contribution is -2.38. The molecule has 0 spiro atoms. The molecule has 3 heterocycles. The molecule has 2 amide bonds. The van der Waals surface area contributed by atoms with Crippen LogP contribution in [0.1, 0.15) is 37.7 Å². The molecule has 5 rings (SSSR count). The Morgan fingerprint density at radius 2 is 1.77 bits per heavy atom. The highest BCUT2D eigenvalue weighted by molar-refractivity contribution is 5.98. The molecule has 0 aliphatic carbocycles. The number of nitrogens with two attached hydrogens (primary N) is 1. The summed E-state index contributed by atoms with van der Waals surface area (Å²) in [6.07, 6.45) is 1.62. The summed E-state index contributed by atoms with van der Waals surface area (Å²) in [4.78, 5) is 20.5. The second-order valence-electron chi connectivity index (χ2n) is 11.7. The van der Waals surface area contributed by atoms with E-state index in [9.17, 15) is 4.79 Å². The number of rotatable bonds is 10. The van der Waals surface area contributed by atoms with Crippen LogP contribution in [-0.4, -0.2) is 65.2 Å². The predicted molar refractivity (Wildman–Crippen MR) is 166 cm³/mol. The van der Waals surface area contributed by atoms with Crippen LogP contribution in [0, 0.1) is 12.7 Å². The zero-order valence-corrected chi connectivity index (χ0v) is 25.6. The molecule has 4 aromatic rings. The Hall–Kier alpha value is -4.32. The van der Waals surface area contributed by atoms with Crippen molar-refractivity contribution in [2.75, 3.05) is 44.4 Å². The zero-order chi connectivity index (χ0) is 31.3. The first-order valence-electron chi connectivity index (χ1n) is 14.7. The fourth-order valence-electron chi connectivity index (χ4n) is 4.84. The van der Waals surface area contributed by atoms with Gasteiger partial charge < -0.3 is 19.9 Å². The van der Waals surface area contributed by atoms with E-state index in [1.807, 2.05) is 52.0 Å². The Bertz CT molecular complexity index is 1580. The molecule has 0 radical (unpaired) electrons. The van der Waals surface area contributed by atoms with Gasteiger partial charge in [-0.25, -0.2) is 18.8 Å². The van der Waals surface area contributed by atoms with Crippen LogP contribution in [0.15, 0.2) is 66.9 Å². The number of nitrogens with zero attached hydrogens (tertiary/aromatic N) is 5. The zero-order valence-electron chi connectivity index (χ0n) is 25.6. The van der Waals surface area contributed by atoms with E-state index < -0.39 is 11.8 Å². The number of pyridine rings is 1. The van der Waals surface area contributed by atoms with Crippen molar-refractivity contribution in [2.24, 2.45) is 5.73 Å². The van der Waals surface area contributed by atoms with Gasteiger partial charge in [-0.1, -0.05) is 32.9 Å². The molecule has 10 nitrogen and oxygen atoms in total. The van der Waals surface area contributed by atoms with E-state index in [1.165, 1.54) is 12.1 Å². The van der Waals surface area contributed by atoms with Gasteiger partial charge in [0.05, 0.1) is 43.5 Å². The third kappa shape index (κ3) is 7.60. The monoisotopic (exact) mass is 602 g/mol. The van der Waals surface area contributed by atoms with E-state index in [0.29, 0.717) is 36.2 Å². The van der Waals surface area contributed by atoms with Crippen LogP contribution in [0.2, 0.25) is 0 Å². The van der Waals surface area contributed by atoms with Gasteiger partial charge in [0, 0.05) is 55.1 Å². The molecule has 232 valence electrons. The molecule has 2 aromatic heterocycles. The molecule has 11 heteroatoms. The molecule has 0 atom stereocenters. The Morgan fingerprint density at radius 1 is 1.05 bits per heavy atom. The van der Waals surface area contributed by atoms with Gasteiger partial charge in [0.2, 0.25) is 0 Å². The first-order chi connectivity index (χ1) is 21.1. The summed E-state index contributed by atoms with van der Waals surface area (Å²) < 4.78 is 34.3. The van der Waals surface area contributed by atoms with Crippen molar-refractivity contribution in [3.05, 3.63) is 89.6 Å². The Morgan fingerprint density at radius 3 is 2.43 bits per heavy atom. The highest BCUT2D eigenvalue weighted by Crippen LogP contribution is 2.35. The minimum Gasteiger partial charge on any atom is -0.457 e. The summed E-state index contributed by atoms with van der Waals surface area (Å²) in [6.45, 7) is 13.2. The van der Waals surface area contributed by atoms with Crippen LogP contribution >= 0.6 is 0 Å². The van der Waals surface area contributed by atoms with E-state index in [0.717, 1.165) is 49.0 Å². The Kier molecular flexibility index (Phi) is 9.58. The van der Waals surface area contributed by atoms with Crippen LogP contribution in [0.5, 0.6) is 11.5 Å². The first-order valence-corrected chi connectivity index (χ1v) is 14.7. The van der Waals surface area contributed by atoms with Crippen LogP contribution in [0.25, 0.3) is 5.69 Å². The lowest BCUT2D eigenvalue weighted by atomic mass is 9.92. The lowest BCUT2D eigenvalue weighted by Gasteiger charge is -2.26. The number of hydrogen-bond acceptors (Lipinski definition) is 7. The average Bonchev–Trinajstić information content (AvgIpc) is 3.43. The van der Waals surface area contributed by atoms with E-state index in [2.05, 4.69) is 9.88 Å². The van der Waals surface area contributed by atoms with Crippen molar-refractivity contribution in [3.63, 3.8) is 0 Å². The molecular weight excluding hydrogens is 563 g/mol. The van der Waals surface area contributed by atoms with Gasteiger partial charge in [0.1, 0.15) is 17.3 Å². The van der Waals surface area contributed by atoms with Gasteiger partial charge in [0.15, 0.2) is 5.82 Å². The minimum atomic E-state index is -0.853. The smallest absolute Gasteiger partial charge is 0.325 e. The van der Waals surface area contributed by atoms with E-state index >= 15 is 4.39 Å². The molecule has 1 aliphatic rings. The summed E-state index contributed by atoms with van der Waals surface area (Å²) in [5.74, 6) is 0.430. The van der Waals surface area contributed by atoms with E-state index in [4.69, 9.17) is 25.0 Å². The highest BCUT2D eigenvalue weighted by atomic mass is 19.1. The molecule has 2 N–H and O–H groups in total. The highest BCUT2D eigenvalue weighted by Gasteiger charge is 2.28. The summed E-state index contributed by atoms with van der Waals surface area (Å²) in [7, 11) is 0. The molecule has 1 aliphatic heterocycles. The number of carbonyl (C=O) groups excluding carboxylic acids is 1. The van der Waals surface area contributed by atoms with Crippen LogP contribution in [0.4, 0.5) is 20.7 Å². The number of morpholine rings is 1. The maximum Gasteiger partial charge on any atom is 0.325 e. The topological polar surface area (TPSA) is 108 Å². The first kappa shape index (κ1) is 31.1. The summed E-state index contributed by atoms with van der Waals surface area (Å²) >= 11 is 0. The normalized spacial score (nSPS) is 14.0. The fourth-order valence-corrected chi connectivity index (χ4v) is 4.84. The van der Waals surface area contributed by atoms with Gasteiger partial charge in [0.25, 0.3) is 0 Å². The van der Waals surface area contributed by atoms with Crippen molar-refractivity contribution in [2.45, 2.75) is 39.7 Å². The molecule has 0 unspecified atom stereocenters. The van der Waals surface area contributed by atoms with Crippen molar-refractivity contribution < 1.29 is 23.4 Å². The summed E-state index contributed by atoms with van der Waals surface area (Å²) in [5, 5.41) is 4.82. The number of carbonyl (C=O) groups is 1. The molecule has 44 heavy (non-hydrogen) atoms. The van der Waals surface area contributed by atoms with Crippen molar-refractivity contribution in [1.82, 2.24) is 19.7 Å². The SMILES string of the molecule is Cc1cc(Oc2ccc(N(C(N)=O)c3cc(C(C)(C)C)nn3-c3ccc(COCCN4CCOCC4)cc3)c(F)c2)ccn1. The van der Waals surface area contributed by atoms with E-state index in [1.54, 1.807) is 35.1 Å². The van der Waals surface area contributed by atoms with Crippen molar-refractivity contribution in [3.8, 4) is 17.2 Å². The number of anilines is 2. The molecule has 0 saturated carbocycles. The molecular formula is C33H39FN6O4. The predicted octanol–water partition coefficient (Wildman–Crippen LogP) is 5.87. The molecule has 1 saturated heterocycles. The van der Waals surface area contributed by atoms with E-state index in [-0.39, 0.29) is 16.9 Å². The van der Waals surface area contributed by atoms with Gasteiger partial charge in [-0.3, -0.25) is 9.88 Å². The van der Waals surface area contributed by atoms with Gasteiger partial charge >= 0.3 is 6.03 Å². The van der Waals surface area contributed by atoms with Gasteiger partial charge in [-0.05, 0) is 42.8 Å². The summed E-state index contributed by atoms with van der Waals surface area (Å²) in [5.41, 5.74) is 8.66. The number of ether oxygens (including phenoxy) is 3. The molecule has 0 bridgehead atoms. The van der Waals surface area contributed by atoms with Crippen molar-refractivity contribution >= 4 is 17.5 Å². The number of halogens is 1. The van der Waals surface area contributed by atoms with Crippen molar-refractivity contribution in [1.29, 1.82) is 0 Å². The number of urea groups is 1. The number of aryl methyl sites for hydroxylation is 1. The maximum absolute atomic E-state index is 15.6. The quantitative estimate of drug-likeness (QED) is 0.226. The second kappa shape index (κ2) is 13.5. The number of primary amides is 1. The largest absolute Gasteiger partial charge is 0.457 e. The van der Waals surface area contributed by atoms with Gasteiger partial charge in [-0.2, -0.15) is 5.10 Å². The minimum absolute atomic E-state index is 0.0253. The standard InChI is InChI=1S/C33H39FN6O4/c1-23-19-27(11-12-36-23)44-26-9-10-29(28(34)20-26)39(32(35)41)31-21-30(33(2,3)4)37-40(31)25-7-5-24(6-8-25)22-43-18-15-38-13-16-42-17-14-38/h5-12,19-21H,13-18,22H2,1-4H3,(H2,35,41). The lowest BCUT2D eigenvalue weighted by molar-refractivity contribution is 0.0180. The molecule has 2 aromatic carbocycles. The number of benzene rings is 2. The van der Waals surface area contributed by atoms with Crippen LogP contribution in [0.3, 0.4) is 0 Å². The number of aromatic nitrogens is 3. The third-order valence-corrected chi connectivity index (χ3v) is 7.28. The third-order valence-electron chi connectivity index (χ3n) is 7.28. The van der Waals surface area contributed by atoms with Gasteiger partial charge in [-0.15, -0.1) is 0 Å².